The van der Waals surface area contributed by atoms with Gasteiger partial charge in [-0.2, -0.15) is 0 Å². The predicted octanol–water partition coefficient (Wildman–Crippen LogP) is 0.635. The Bertz CT molecular complexity index is 123. The molecule has 0 aliphatic carbocycles. The Morgan fingerprint density at radius 1 is 1.31 bits per heavy atom. The minimum Gasteiger partial charge on any atom is -0.390 e. The van der Waals surface area contributed by atoms with E-state index in [0.29, 0.717) is 0 Å². The SMILES string of the molecule is CC1(O)CCN(CCN)CC1.Cl.Cl. The van der Waals surface area contributed by atoms with E-state index in [1.807, 2.05) is 6.92 Å². The van der Waals surface area contributed by atoms with Crippen molar-refractivity contribution in [3.8, 4) is 0 Å². The Labute approximate surface area is 92.5 Å². The van der Waals surface area contributed by atoms with Gasteiger partial charge in [-0.25, -0.2) is 0 Å². The first-order valence-electron chi connectivity index (χ1n) is 4.29. The first kappa shape index (κ1) is 15.9. The number of hydrogen-bond acceptors (Lipinski definition) is 3. The zero-order chi connectivity index (χ0) is 8.32. The fourth-order valence-corrected chi connectivity index (χ4v) is 1.44. The lowest BCUT2D eigenvalue weighted by Gasteiger charge is -2.35. The van der Waals surface area contributed by atoms with Crippen LogP contribution >= 0.6 is 24.8 Å². The quantitative estimate of drug-likeness (QED) is 0.733. The molecule has 1 fully saturated rings. The predicted molar refractivity (Wildman–Crippen MR) is 59.8 cm³/mol. The average molecular weight is 231 g/mol. The highest BCUT2D eigenvalue weighted by molar-refractivity contribution is 5.85. The average Bonchev–Trinajstić information content (AvgIpc) is 1.94. The van der Waals surface area contributed by atoms with Gasteiger partial charge in [0.2, 0.25) is 0 Å². The highest BCUT2D eigenvalue weighted by Crippen LogP contribution is 2.20. The molecule has 82 valence electrons. The maximum absolute atomic E-state index is 9.60. The lowest BCUT2D eigenvalue weighted by molar-refractivity contribution is -0.00445. The summed E-state index contributed by atoms with van der Waals surface area (Å²) < 4.78 is 0. The molecule has 0 atom stereocenters. The fraction of sp³-hybridized carbons (Fsp3) is 1.00. The van der Waals surface area contributed by atoms with Crippen LogP contribution in [0.3, 0.4) is 0 Å². The standard InChI is InChI=1S/C8H18N2O.2ClH/c1-8(11)2-5-10(6-3-8)7-4-9;;/h11H,2-7,9H2,1H3;2*1H. The van der Waals surface area contributed by atoms with E-state index in [0.717, 1.165) is 39.0 Å². The van der Waals surface area contributed by atoms with Crippen LogP contribution in [0.2, 0.25) is 0 Å². The van der Waals surface area contributed by atoms with Gasteiger partial charge in [-0.1, -0.05) is 0 Å². The van der Waals surface area contributed by atoms with Crippen molar-refractivity contribution in [1.29, 1.82) is 0 Å². The topological polar surface area (TPSA) is 49.5 Å². The zero-order valence-electron chi connectivity index (χ0n) is 8.03. The Balaban J connectivity index is 0. The summed E-state index contributed by atoms with van der Waals surface area (Å²) in [6, 6.07) is 0. The normalized spacial score (nSPS) is 21.5. The minimum atomic E-state index is -0.425. The maximum atomic E-state index is 9.60. The van der Waals surface area contributed by atoms with Gasteiger partial charge < -0.3 is 15.7 Å². The molecule has 0 aromatic rings. The first-order chi connectivity index (χ1) is 5.14. The van der Waals surface area contributed by atoms with Crippen molar-refractivity contribution >= 4 is 24.8 Å². The number of likely N-dealkylation sites (tertiary alicyclic amines) is 1. The smallest absolute Gasteiger partial charge is 0.0644 e. The van der Waals surface area contributed by atoms with Crippen molar-refractivity contribution in [3.63, 3.8) is 0 Å². The van der Waals surface area contributed by atoms with Gasteiger partial charge in [0.05, 0.1) is 5.60 Å². The second kappa shape index (κ2) is 6.85. The van der Waals surface area contributed by atoms with E-state index in [1.165, 1.54) is 0 Å². The van der Waals surface area contributed by atoms with Crippen LogP contribution in [0.5, 0.6) is 0 Å². The Morgan fingerprint density at radius 3 is 2.15 bits per heavy atom. The summed E-state index contributed by atoms with van der Waals surface area (Å²) in [4.78, 5) is 2.30. The van der Waals surface area contributed by atoms with Crippen LogP contribution in [-0.4, -0.2) is 41.8 Å². The van der Waals surface area contributed by atoms with E-state index >= 15 is 0 Å². The van der Waals surface area contributed by atoms with Gasteiger partial charge in [-0.05, 0) is 19.8 Å². The number of hydrogen-bond donors (Lipinski definition) is 2. The molecule has 0 amide bonds. The Morgan fingerprint density at radius 2 is 1.77 bits per heavy atom. The van der Waals surface area contributed by atoms with Crippen LogP contribution in [0.15, 0.2) is 0 Å². The molecule has 0 aromatic heterocycles. The highest BCUT2D eigenvalue weighted by atomic mass is 35.5. The van der Waals surface area contributed by atoms with Gasteiger partial charge in [-0.15, -0.1) is 24.8 Å². The number of rotatable bonds is 2. The molecule has 0 bridgehead atoms. The van der Waals surface area contributed by atoms with Crippen molar-refractivity contribution in [1.82, 2.24) is 4.90 Å². The molecule has 5 heteroatoms. The van der Waals surface area contributed by atoms with Crippen LogP contribution in [0.4, 0.5) is 0 Å². The first-order valence-corrected chi connectivity index (χ1v) is 4.29. The molecule has 0 spiro atoms. The number of halogens is 2. The summed E-state index contributed by atoms with van der Waals surface area (Å²) in [6.45, 7) is 5.58. The molecule has 3 N–H and O–H groups in total. The van der Waals surface area contributed by atoms with Gasteiger partial charge in [-0.3, -0.25) is 0 Å². The number of nitrogens with two attached hydrogens (primary N) is 1. The van der Waals surface area contributed by atoms with Crippen LogP contribution in [0.25, 0.3) is 0 Å². The number of nitrogens with zero attached hydrogens (tertiary/aromatic N) is 1. The molecule has 1 aliphatic rings. The maximum Gasteiger partial charge on any atom is 0.0644 e. The summed E-state index contributed by atoms with van der Waals surface area (Å²) in [5.41, 5.74) is 5.00. The van der Waals surface area contributed by atoms with E-state index < -0.39 is 5.60 Å². The number of aliphatic hydroxyl groups is 1. The molecule has 3 nitrogen and oxygen atoms in total. The minimum absolute atomic E-state index is 0. The van der Waals surface area contributed by atoms with Crippen LogP contribution in [0, 0.1) is 0 Å². The van der Waals surface area contributed by atoms with E-state index in [-0.39, 0.29) is 24.8 Å². The molecular weight excluding hydrogens is 211 g/mol. The molecule has 0 aromatic carbocycles. The lowest BCUT2D eigenvalue weighted by atomic mass is 9.94. The van der Waals surface area contributed by atoms with Crippen LogP contribution in [0.1, 0.15) is 19.8 Å². The van der Waals surface area contributed by atoms with Crippen molar-refractivity contribution in [3.05, 3.63) is 0 Å². The second-order valence-electron chi connectivity index (χ2n) is 3.63. The largest absolute Gasteiger partial charge is 0.390 e. The summed E-state index contributed by atoms with van der Waals surface area (Å²) in [5, 5.41) is 9.60. The monoisotopic (exact) mass is 230 g/mol. The number of piperidine rings is 1. The van der Waals surface area contributed by atoms with Crippen molar-refractivity contribution in [2.75, 3.05) is 26.2 Å². The molecule has 1 aliphatic heterocycles. The molecule has 0 radical (unpaired) electrons. The molecule has 13 heavy (non-hydrogen) atoms. The van der Waals surface area contributed by atoms with Gasteiger partial charge in [0.25, 0.3) is 0 Å². The third kappa shape index (κ3) is 5.70. The van der Waals surface area contributed by atoms with E-state index in [1.54, 1.807) is 0 Å². The van der Waals surface area contributed by atoms with E-state index in [9.17, 15) is 5.11 Å². The summed E-state index contributed by atoms with van der Waals surface area (Å²) in [5.74, 6) is 0. The highest BCUT2D eigenvalue weighted by Gasteiger charge is 2.26. The third-order valence-electron chi connectivity index (χ3n) is 2.38. The summed E-state index contributed by atoms with van der Waals surface area (Å²) in [6.07, 6.45) is 1.76. The fourth-order valence-electron chi connectivity index (χ4n) is 1.44. The molecule has 1 saturated heterocycles. The lowest BCUT2D eigenvalue weighted by Crippen LogP contribution is -2.44. The van der Waals surface area contributed by atoms with Gasteiger partial charge in [0, 0.05) is 26.2 Å². The van der Waals surface area contributed by atoms with Crippen molar-refractivity contribution in [2.45, 2.75) is 25.4 Å². The van der Waals surface area contributed by atoms with Crippen LogP contribution < -0.4 is 5.73 Å². The van der Waals surface area contributed by atoms with E-state index in [2.05, 4.69) is 4.90 Å². The second-order valence-corrected chi connectivity index (χ2v) is 3.63. The summed E-state index contributed by atoms with van der Waals surface area (Å²) in [7, 11) is 0. The van der Waals surface area contributed by atoms with Gasteiger partial charge in [0.1, 0.15) is 0 Å². The van der Waals surface area contributed by atoms with E-state index in [4.69, 9.17) is 5.73 Å². The van der Waals surface area contributed by atoms with Gasteiger partial charge in [0.15, 0.2) is 0 Å². The third-order valence-corrected chi connectivity index (χ3v) is 2.38. The molecule has 1 heterocycles. The Kier molecular flexibility index (Phi) is 8.38. The van der Waals surface area contributed by atoms with Crippen molar-refractivity contribution in [2.24, 2.45) is 5.73 Å². The molecule has 1 rings (SSSR count). The van der Waals surface area contributed by atoms with Gasteiger partial charge >= 0.3 is 0 Å². The van der Waals surface area contributed by atoms with Crippen molar-refractivity contribution < 1.29 is 5.11 Å². The Hall–Kier alpha value is 0.460. The summed E-state index contributed by atoms with van der Waals surface area (Å²) >= 11 is 0. The molecular formula is C8H20Cl2N2O. The molecule has 0 unspecified atom stereocenters. The molecule has 0 saturated carbocycles. The zero-order valence-corrected chi connectivity index (χ0v) is 9.66. The van der Waals surface area contributed by atoms with Crippen LogP contribution in [-0.2, 0) is 0 Å².